The van der Waals surface area contributed by atoms with Crippen LogP contribution >= 0.6 is 0 Å². The molecule has 138 valence electrons. The largest absolute Gasteiger partial charge is 0.483 e. The summed E-state index contributed by atoms with van der Waals surface area (Å²) in [4.78, 5) is 0. The van der Waals surface area contributed by atoms with Crippen molar-refractivity contribution in [3.8, 4) is 0 Å². The van der Waals surface area contributed by atoms with Gasteiger partial charge in [0, 0.05) is 20.3 Å². The Balaban J connectivity index is 2.14. The molecule has 0 heterocycles. The summed E-state index contributed by atoms with van der Waals surface area (Å²) in [6.45, 7) is 2.01. The number of alkyl halides is 3. The summed E-state index contributed by atoms with van der Waals surface area (Å²) >= 11 is 0. The number of unbranched alkanes of at least 4 members (excludes halogenated alkanes) is 3. The number of hydrogen-bond donors (Lipinski definition) is 0. The lowest BCUT2D eigenvalue weighted by molar-refractivity contribution is -0.137. The summed E-state index contributed by atoms with van der Waals surface area (Å²) in [5.74, 6) is 0. The van der Waals surface area contributed by atoms with Crippen LogP contribution < -0.4 is 0 Å². The fourth-order valence-electron chi connectivity index (χ4n) is 2.44. The number of benzene rings is 1. The number of hydrogen-bond acceptors (Lipinski definition) is 3. The predicted octanol–water partition coefficient (Wildman–Crippen LogP) is 4.61. The Morgan fingerprint density at radius 3 is 2.08 bits per heavy atom. The molecule has 1 aromatic rings. The predicted molar refractivity (Wildman–Crippen MR) is 89.9 cm³/mol. The standard InChI is InChI=1S/C17H27F3O3Si/c1-14(23-24(21-2)22-3)8-6-4-5-7-9-15-10-12-16(13-11-15)17(18,19)20/h10-14,24H,4-9H2,1-3H3. The normalized spacial score (nSPS) is 13.5. The molecule has 0 aliphatic carbocycles. The molecule has 3 nitrogen and oxygen atoms in total. The van der Waals surface area contributed by atoms with Crippen molar-refractivity contribution in [3.05, 3.63) is 35.4 Å². The van der Waals surface area contributed by atoms with Crippen molar-refractivity contribution in [1.82, 2.24) is 0 Å². The minimum absolute atomic E-state index is 0.122. The number of halogens is 3. The van der Waals surface area contributed by atoms with Gasteiger partial charge in [-0.2, -0.15) is 13.2 Å². The second-order valence-corrected chi connectivity index (χ2v) is 7.65. The van der Waals surface area contributed by atoms with Gasteiger partial charge in [-0.05, 0) is 43.9 Å². The highest BCUT2D eigenvalue weighted by atomic mass is 28.3. The molecular formula is C17H27F3O3Si. The molecule has 0 amide bonds. The fraction of sp³-hybridized carbons (Fsp3) is 0.647. The molecule has 0 N–H and O–H groups in total. The van der Waals surface area contributed by atoms with Gasteiger partial charge in [0.2, 0.25) is 0 Å². The van der Waals surface area contributed by atoms with Crippen LogP contribution in [0.5, 0.6) is 0 Å². The Bertz CT molecular complexity index is 447. The molecule has 1 unspecified atom stereocenters. The molecule has 1 atom stereocenters. The van der Waals surface area contributed by atoms with Gasteiger partial charge >= 0.3 is 15.7 Å². The van der Waals surface area contributed by atoms with Gasteiger partial charge in [0.25, 0.3) is 0 Å². The van der Waals surface area contributed by atoms with Crippen LogP contribution in [0.2, 0.25) is 0 Å². The Hall–Kier alpha value is -0.893. The van der Waals surface area contributed by atoms with Crippen molar-refractivity contribution in [2.45, 2.75) is 57.7 Å². The molecule has 24 heavy (non-hydrogen) atoms. The molecule has 0 saturated heterocycles. The lowest BCUT2D eigenvalue weighted by atomic mass is 10.0. The minimum atomic E-state index is -4.26. The Labute approximate surface area is 144 Å². The molecule has 0 aliphatic rings. The highest BCUT2D eigenvalue weighted by Crippen LogP contribution is 2.29. The van der Waals surface area contributed by atoms with Gasteiger partial charge in [-0.1, -0.05) is 31.4 Å². The third-order valence-electron chi connectivity index (χ3n) is 3.84. The van der Waals surface area contributed by atoms with Crippen LogP contribution in [0.4, 0.5) is 13.2 Å². The maximum absolute atomic E-state index is 12.5. The van der Waals surface area contributed by atoms with E-state index in [0.29, 0.717) is 0 Å². The maximum Gasteiger partial charge on any atom is 0.483 e. The van der Waals surface area contributed by atoms with E-state index in [-0.39, 0.29) is 6.10 Å². The summed E-state index contributed by atoms with van der Waals surface area (Å²) in [5.41, 5.74) is 0.364. The smallest absolute Gasteiger partial charge is 0.379 e. The first-order chi connectivity index (χ1) is 11.4. The summed E-state index contributed by atoms with van der Waals surface area (Å²) < 4.78 is 53.3. The first-order valence-electron chi connectivity index (χ1n) is 8.24. The average molecular weight is 364 g/mol. The molecule has 0 saturated carbocycles. The van der Waals surface area contributed by atoms with Crippen LogP contribution in [0.15, 0.2) is 24.3 Å². The quantitative estimate of drug-likeness (QED) is 0.424. The van der Waals surface area contributed by atoms with Crippen molar-refractivity contribution >= 4 is 9.53 Å². The molecule has 0 bridgehead atoms. The zero-order valence-electron chi connectivity index (χ0n) is 14.6. The summed E-state index contributed by atoms with van der Waals surface area (Å²) in [5, 5.41) is 0. The molecule has 0 radical (unpaired) electrons. The van der Waals surface area contributed by atoms with E-state index in [9.17, 15) is 13.2 Å². The second kappa shape index (κ2) is 10.9. The zero-order valence-corrected chi connectivity index (χ0v) is 15.7. The highest BCUT2D eigenvalue weighted by molar-refractivity contribution is 6.36. The van der Waals surface area contributed by atoms with Crippen molar-refractivity contribution in [2.24, 2.45) is 0 Å². The van der Waals surface area contributed by atoms with Crippen molar-refractivity contribution in [3.63, 3.8) is 0 Å². The lowest BCUT2D eigenvalue weighted by Crippen LogP contribution is -2.28. The van der Waals surface area contributed by atoms with Gasteiger partial charge in [0.05, 0.1) is 5.56 Å². The zero-order chi connectivity index (χ0) is 18.0. The lowest BCUT2D eigenvalue weighted by Gasteiger charge is -2.17. The Morgan fingerprint density at radius 2 is 1.54 bits per heavy atom. The molecule has 7 heteroatoms. The fourth-order valence-corrected chi connectivity index (χ4v) is 3.37. The summed E-state index contributed by atoms with van der Waals surface area (Å²) in [6.07, 6.45) is 1.81. The van der Waals surface area contributed by atoms with E-state index in [2.05, 4.69) is 0 Å². The van der Waals surface area contributed by atoms with Gasteiger partial charge in [0.15, 0.2) is 0 Å². The highest BCUT2D eigenvalue weighted by Gasteiger charge is 2.29. The first-order valence-corrected chi connectivity index (χ1v) is 9.65. The topological polar surface area (TPSA) is 27.7 Å². The third-order valence-corrected chi connectivity index (χ3v) is 5.29. The van der Waals surface area contributed by atoms with Crippen molar-refractivity contribution < 1.29 is 26.4 Å². The van der Waals surface area contributed by atoms with E-state index in [0.717, 1.165) is 56.2 Å². The summed E-state index contributed by atoms with van der Waals surface area (Å²) in [7, 11) is 1.23. The molecule has 0 spiro atoms. The van der Waals surface area contributed by atoms with E-state index < -0.39 is 21.3 Å². The van der Waals surface area contributed by atoms with Gasteiger partial charge in [-0.15, -0.1) is 0 Å². The SMILES string of the molecule is CO[SiH](OC)OC(C)CCCCCCc1ccc(C(F)(F)F)cc1. The molecule has 1 aromatic carbocycles. The van der Waals surface area contributed by atoms with Crippen LogP contribution in [0.1, 0.15) is 50.2 Å². The number of aryl methyl sites for hydroxylation is 1. The minimum Gasteiger partial charge on any atom is -0.379 e. The average Bonchev–Trinajstić information content (AvgIpc) is 2.55. The molecule has 0 aliphatic heterocycles. The van der Waals surface area contributed by atoms with Crippen LogP contribution in [0, 0.1) is 0 Å². The van der Waals surface area contributed by atoms with Gasteiger partial charge in [0.1, 0.15) is 0 Å². The van der Waals surface area contributed by atoms with Gasteiger partial charge in [-0.3, -0.25) is 0 Å². The van der Waals surface area contributed by atoms with E-state index in [1.807, 2.05) is 6.92 Å². The van der Waals surface area contributed by atoms with Crippen molar-refractivity contribution in [1.29, 1.82) is 0 Å². The molecule has 0 fully saturated rings. The van der Waals surface area contributed by atoms with E-state index >= 15 is 0 Å². The monoisotopic (exact) mass is 364 g/mol. The van der Waals surface area contributed by atoms with Crippen LogP contribution in [-0.2, 0) is 25.9 Å². The first kappa shape index (κ1) is 21.2. The van der Waals surface area contributed by atoms with E-state index in [4.69, 9.17) is 13.3 Å². The Kier molecular flexibility index (Phi) is 9.58. The van der Waals surface area contributed by atoms with Crippen molar-refractivity contribution in [2.75, 3.05) is 14.2 Å². The maximum atomic E-state index is 12.5. The summed E-state index contributed by atoms with van der Waals surface area (Å²) in [6, 6.07) is 5.44. The Morgan fingerprint density at radius 1 is 0.958 bits per heavy atom. The van der Waals surface area contributed by atoms with E-state index in [1.165, 1.54) is 0 Å². The molecule has 0 aromatic heterocycles. The van der Waals surface area contributed by atoms with E-state index in [1.54, 1.807) is 26.4 Å². The second-order valence-electron chi connectivity index (χ2n) is 5.85. The molecule has 1 rings (SSSR count). The number of rotatable bonds is 11. The molecular weight excluding hydrogens is 337 g/mol. The third kappa shape index (κ3) is 8.28. The van der Waals surface area contributed by atoms with Crippen LogP contribution in [0.25, 0.3) is 0 Å². The van der Waals surface area contributed by atoms with Crippen LogP contribution in [0.3, 0.4) is 0 Å². The van der Waals surface area contributed by atoms with Gasteiger partial charge < -0.3 is 13.3 Å². The van der Waals surface area contributed by atoms with Crippen LogP contribution in [-0.4, -0.2) is 29.9 Å². The van der Waals surface area contributed by atoms with Gasteiger partial charge in [-0.25, -0.2) is 0 Å².